The van der Waals surface area contributed by atoms with E-state index in [2.05, 4.69) is 15.6 Å². The van der Waals surface area contributed by atoms with Crippen molar-refractivity contribution in [3.05, 3.63) is 71.9 Å². The Balaban J connectivity index is 1.85. The summed E-state index contributed by atoms with van der Waals surface area (Å²) >= 11 is 0. The predicted octanol–water partition coefficient (Wildman–Crippen LogP) is 3.23. The number of nitrogens with one attached hydrogen (secondary N) is 3. The largest absolute Gasteiger partial charge is 0.368 e. The Morgan fingerprint density at radius 2 is 1.71 bits per heavy atom. The van der Waals surface area contributed by atoms with E-state index in [0.717, 1.165) is 22.0 Å². The Hall–Kier alpha value is -3.61. The summed E-state index contributed by atoms with van der Waals surface area (Å²) in [6.07, 6.45) is 3.41. The van der Waals surface area contributed by atoms with Crippen LogP contribution in [0.1, 0.15) is 44.7 Å². The fourth-order valence-corrected chi connectivity index (χ4v) is 4.02. The molecule has 0 spiro atoms. The van der Waals surface area contributed by atoms with E-state index in [4.69, 9.17) is 5.73 Å². The summed E-state index contributed by atoms with van der Waals surface area (Å²) in [5, 5.41) is 6.72. The number of aromatic amines is 1. The maximum atomic E-state index is 13.6. The van der Waals surface area contributed by atoms with E-state index >= 15 is 0 Å². The first-order chi connectivity index (χ1) is 16.2. The van der Waals surface area contributed by atoms with Crippen LogP contribution >= 0.6 is 0 Å². The monoisotopic (exact) mass is 462 g/mol. The van der Waals surface area contributed by atoms with Gasteiger partial charge in [-0.15, -0.1) is 0 Å². The van der Waals surface area contributed by atoms with Gasteiger partial charge in [-0.2, -0.15) is 0 Å². The molecule has 0 aliphatic rings. The van der Waals surface area contributed by atoms with Gasteiger partial charge < -0.3 is 21.4 Å². The van der Waals surface area contributed by atoms with E-state index in [1.807, 2.05) is 74.6 Å². The van der Waals surface area contributed by atoms with Crippen LogP contribution in [0.2, 0.25) is 0 Å². The normalized spacial score (nSPS) is 13.9. The number of amides is 3. The van der Waals surface area contributed by atoms with Gasteiger partial charge in [-0.25, -0.2) is 0 Å². The zero-order valence-corrected chi connectivity index (χ0v) is 20.1. The van der Waals surface area contributed by atoms with E-state index in [9.17, 15) is 14.4 Å². The number of benzene rings is 2. The molecule has 5 N–H and O–H groups in total. The van der Waals surface area contributed by atoms with Gasteiger partial charge >= 0.3 is 0 Å². The van der Waals surface area contributed by atoms with Gasteiger partial charge in [-0.05, 0) is 36.5 Å². The summed E-state index contributed by atoms with van der Waals surface area (Å²) in [7, 11) is 0. The number of primary amides is 1. The van der Waals surface area contributed by atoms with Crippen LogP contribution in [0.5, 0.6) is 0 Å². The van der Waals surface area contributed by atoms with E-state index in [0.29, 0.717) is 18.8 Å². The molecule has 0 saturated heterocycles. The number of rotatable bonds is 11. The van der Waals surface area contributed by atoms with Gasteiger partial charge in [0.1, 0.15) is 11.6 Å². The smallest absolute Gasteiger partial charge is 0.246 e. The van der Waals surface area contributed by atoms with Crippen molar-refractivity contribution in [2.24, 2.45) is 11.7 Å². The number of carbonyl (C=O) groups excluding carboxylic acids is 3. The molecule has 1 unspecified atom stereocenters. The predicted molar refractivity (Wildman–Crippen MR) is 134 cm³/mol. The molecule has 0 aliphatic carbocycles. The van der Waals surface area contributed by atoms with Crippen LogP contribution in [-0.2, 0) is 27.2 Å². The lowest BCUT2D eigenvalue weighted by Crippen LogP contribution is -2.61. The molecule has 0 saturated carbocycles. The molecule has 1 heterocycles. The molecule has 7 nitrogen and oxygen atoms in total. The maximum absolute atomic E-state index is 13.6. The fraction of sp³-hybridized carbons (Fsp3) is 0.370. The molecule has 3 aromatic rings. The van der Waals surface area contributed by atoms with Gasteiger partial charge in [0.15, 0.2) is 0 Å². The van der Waals surface area contributed by atoms with E-state index in [-0.39, 0.29) is 18.7 Å². The highest BCUT2D eigenvalue weighted by Gasteiger charge is 2.37. The maximum Gasteiger partial charge on any atom is 0.246 e. The van der Waals surface area contributed by atoms with Crippen molar-refractivity contribution in [3.63, 3.8) is 0 Å². The Morgan fingerprint density at radius 3 is 2.38 bits per heavy atom. The average Bonchev–Trinajstić information content (AvgIpc) is 3.20. The standard InChI is InChI=1S/C27H34N4O3/c1-18(2)13-14-24(32)31-27(3,16-20-17-29-22-12-8-7-11-21(20)22)26(34)30-23(25(28)33)15-19-9-5-4-6-10-19/h4-12,17-18,23,29H,13-16H2,1-3H3,(H2,28,33)(H,30,34)(H,31,32)/t23-,27?/m0/s1. The highest BCUT2D eigenvalue weighted by molar-refractivity contribution is 5.95. The minimum atomic E-state index is -1.27. The fourth-order valence-electron chi connectivity index (χ4n) is 4.02. The highest BCUT2D eigenvalue weighted by atomic mass is 16.2. The van der Waals surface area contributed by atoms with Crippen molar-refractivity contribution in [2.45, 2.75) is 58.0 Å². The van der Waals surface area contributed by atoms with Gasteiger partial charge in [0.2, 0.25) is 17.7 Å². The molecule has 0 fully saturated rings. The number of aromatic nitrogens is 1. The van der Waals surface area contributed by atoms with Gasteiger partial charge in [-0.1, -0.05) is 62.4 Å². The second-order valence-electron chi connectivity index (χ2n) is 9.47. The minimum Gasteiger partial charge on any atom is -0.368 e. The topological polar surface area (TPSA) is 117 Å². The molecule has 3 amide bonds. The first-order valence-electron chi connectivity index (χ1n) is 11.7. The van der Waals surface area contributed by atoms with E-state index in [1.54, 1.807) is 6.92 Å². The number of carbonyl (C=O) groups is 3. The van der Waals surface area contributed by atoms with Crippen molar-refractivity contribution in [3.8, 4) is 0 Å². The third-order valence-electron chi connectivity index (χ3n) is 6.02. The Kier molecular flexibility index (Phi) is 8.10. The second kappa shape index (κ2) is 11.0. The molecule has 3 rings (SSSR count). The van der Waals surface area contributed by atoms with Crippen LogP contribution in [0.15, 0.2) is 60.8 Å². The Labute approximate surface area is 200 Å². The summed E-state index contributed by atoms with van der Waals surface area (Å²) in [6, 6.07) is 16.3. The number of hydrogen-bond donors (Lipinski definition) is 4. The molecule has 7 heteroatoms. The molecule has 2 atom stereocenters. The third-order valence-corrected chi connectivity index (χ3v) is 6.02. The summed E-state index contributed by atoms with van der Waals surface area (Å²) in [6.45, 7) is 5.79. The van der Waals surface area contributed by atoms with Crippen molar-refractivity contribution in [1.82, 2.24) is 15.6 Å². The number of nitrogens with two attached hydrogens (primary N) is 1. The second-order valence-corrected chi connectivity index (χ2v) is 9.47. The number of hydrogen-bond acceptors (Lipinski definition) is 3. The number of H-pyrrole nitrogens is 1. The van der Waals surface area contributed by atoms with Crippen molar-refractivity contribution < 1.29 is 14.4 Å². The molecule has 2 aromatic carbocycles. The van der Waals surface area contributed by atoms with Crippen LogP contribution < -0.4 is 16.4 Å². The first-order valence-corrected chi connectivity index (χ1v) is 11.7. The molecule has 0 aliphatic heterocycles. The molecule has 180 valence electrons. The summed E-state index contributed by atoms with van der Waals surface area (Å²) in [5.74, 6) is -0.914. The summed E-state index contributed by atoms with van der Waals surface area (Å²) < 4.78 is 0. The van der Waals surface area contributed by atoms with Crippen molar-refractivity contribution in [1.29, 1.82) is 0 Å². The van der Waals surface area contributed by atoms with Gasteiger partial charge in [-0.3, -0.25) is 14.4 Å². The van der Waals surface area contributed by atoms with Crippen molar-refractivity contribution >= 4 is 28.6 Å². The van der Waals surface area contributed by atoms with E-state index < -0.39 is 23.4 Å². The van der Waals surface area contributed by atoms with Crippen LogP contribution in [0.25, 0.3) is 10.9 Å². The molecule has 1 aromatic heterocycles. The summed E-state index contributed by atoms with van der Waals surface area (Å²) in [4.78, 5) is 41.7. The molecule has 34 heavy (non-hydrogen) atoms. The first kappa shape index (κ1) is 25.0. The van der Waals surface area contributed by atoms with Gasteiger partial charge in [0, 0.05) is 36.4 Å². The van der Waals surface area contributed by atoms with Crippen LogP contribution in [-0.4, -0.2) is 34.3 Å². The lowest BCUT2D eigenvalue weighted by Gasteiger charge is -2.31. The third kappa shape index (κ3) is 6.47. The average molecular weight is 463 g/mol. The highest BCUT2D eigenvalue weighted by Crippen LogP contribution is 2.23. The number of fused-ring (bicyclic) bond motifs is 1. The SMILES string of the molecule is CC(C)CCC(=O)NC(C)(Cc1c[nH]c2ccccc12)C(=O)N[C@@H](Cc1ccccc1)C(N)=O. The molecular weight excluding hydrogens is 428 g/mol. The van der Waals surface area contributed by atoms with Gasteiger partial charge in [0.25, 0.3) is 0 Å². The van der Waals surface area contributed by atoms with Crippen LogP contribution in [0.3, 0.4) is 0 Å². The lowest BCUT2D eigenvalue weighted by molar-refractivity contribution is -0.135. The van der Waals surface area contributed by atoms with Crippen molar-refractivity contribution in [2.75, 3.05) is 0 Å². The number of para-hydroxylation sites is 1. The summed E-state index contributed by atoms with van der Waals surface area (Å²) in [5.41, 5.74) is 7.08. The van der Waals surface area contributed by atoms with Crippen LogP contribution in [0.4, 0.5) is 0 Å². The quantitative estimate of drug-likeness (QED) is 0.350. The zero-order valence-electron chi connectivity index (χ0n) is 20.1. The molecular formula is C27H34N4O3. The van der Waals surface area contributed by atoms with E-state index in [1.165, 1.54) is 0 Å². The Morgan fingerprint density at radius 1 is 1.03 bits per heavy atom. The Bertz CT molecular complexity index is 1140. The van der Waals surface area contributed by atoms with Crippen LogP contribution in [0, 0.1) is 5.92 Å². The lowest BCUT2D eigenvalue weighted by atomic mass is 9.90. The molecule has 0 bridgehead atoms. The zero-order chi connectivity index (χ0) is 24.7. The molecule has 0 radical (unpaired) electrons. The minimum absolute atomic E-state index is 0.204. The van der Waals surface area contributed by atoms with Gasteiger partial charge in [0.05, 0.1) is 0 Å².